The fourth-order valence-corrected chi connectivity index (χ4v) is 2.12. The summed E-state index contributed by atoms with van der Waals surface area (Å²) >= 11 is 0. The Labute approximate surface area is 88.0 Å². The van der Waals surface area contributed by atoms with Crippen molar-refractivity contribution in [2.24, 2.45) is 5.92 Å². The predicted octanol–water partition coefficient (Wildman–Crippen LogP) is 0.806. The number of nitrogens with zero attached hydrogens (tertiary/aromatic N) is 2. The molecular formula is C10H16F2N2O. The van der Waals surface area contributed by atoms with Crippen LogP contribution in [0, 0.1) is 5.92 Å². The average Bonchev–Trinajstić information content (AvgIpc) is 2.14. The first kappa shape index (κ1) is 10.8. The van der Waals surface area contributed by atoms with Gasteiger partial charge in [-0.1, -0.05) is 0 Å². The van der Waals surface area contributed by atoms with Crippen LogP contribution in [0.3, 0.4) is 0 Å². The predicted molar refractivity (Wildman–Crippen MR) is 51.7 cm³/mol. The molecular weight excluding hydrogens is 202 g/mol. The third-order valence-corrected chi connectivity index (χ3v) is 3.25. The van der Waals surface area contributed by atoms with Gasteiger partial charge in [0.15, 0.2) is 0 Å². The van der Waals surface area contributed by atoms with Crippen LogP contribution in [0.15, 0.2) is 0 Å². The molecule has 0 radical (unpaired) electrons. The number of rotatable bonds is 1. The van der Waals surface area contributed by atoms with Crippen LogP contribution in [0.1, 0.15) is 12.8 Å². The molecule has 3 nitrogen and oxygen atoms in total. The smallest absolute Gasteiger partial charge is 0.249 e. The van der Waals surface area contributed by atoms with Gasteiger partial charge in [-0.25, -0.2) is 8.78 Å². The number of carbonyl (C=O) groups is 1. The maximum atomic E-state index is 12.6. The maximum absolute atomic E-state index is 12.6. The molecule has 0 atom stereocenters. The van der Waals surface area contributed by atoms with Crippen molar-refractivity contribution in [1.29, 1.82) is 0 Å². The van der Waals surface area contributed by atoms with E-state index in [4.69, 9.17) is 0 Å². The van der Waals surface area contributed by atoms with Crippen LogP contribution >= 0.6 is 0 Å². The largest absolute Gasteiger partial charge is 0.340 e. The van der Waals surface area contributed by atoms with Gasteiger partial charge in [0.25, 0.3) is 0 Å². The molecule has 86 valence electrons. The number of piperazine rings is 1. The molecule has 1 saturated carbocycles. The fourth-order valence-electron chi connectivity index (χ4n) is 2.12. The van der Waals surface area contributed by atoms with Crippen molar-refractivity contribution in [3.8, 4) is 0 Å². The summed E-state index contributed by atoms with van der Waals surface area (Å²) in [6.07, 6.45) is -0.504. The summed E-state index contributed by atoms with van der Waals surface area (Å²) in [7, 11) is 2.00. The van der Waals surface area contributed by atoms with E-state index in [1.165, 1.54) is 0 Å². The summed E-state index contributed by atoms with van der Waals surface area (Å²) in [5.41, 5.74) is 0. The minimum atomic E-state index is -2.59. The number of likely N-dealkylation sites (N-methyl/N-ethyl adjacent to an activating group) is 1. The van der Waals surface area contributed by atoms with Gasteiger partial charge >= 0.3 is 0 Å². The first-order chi connectivity index (χ1) is 6.98. The molecule has 0 aromatic rings. The number of amides is 1. The van der Waals surface area contributed by atoms with Crippen LogP contribution in [0.2, 0.25) is 0 Å². The molecule has 0 N–H and O–H groups in total. The third-order valence-electron chi connectivity index (χ3n) is 3.25. The summed E-state index contributed by atoms with van der Waals surface area (Å²) < 4.78 is 25.2. The van der Waals surface area contributed by atoms with E-state index in [2.05, 4.69) is 4.90 Å². The van der Waals surface area contributed by atoms with Gasteiger partial charge in [0.1, 0.15) is 0 Å². The zero-order valence-corrected chi connectivity index (χ0v) is 8.88. The summed E-state index contributed by atoms with van der Waals surface area (Å²) in [4.78, 5) is 15.6. The first-order valence-corrected chi connectivity index (χ1v) is 5.33. The highest BCUT2D eigenvalue weighted by Crippen LogP contribution is 2.43. The summed E-state index contributed by atoms with van der Waals surface area (Å²) in [6, 6.07) is 0. The van der Waals surface area contributed by atoms with Gasteiger partial charge in [-0.3, -0.25) is 4.79 Å². The molecule has 0 bridgehead atoms. The van der Waals surface area contributed by atoms with Crippen LogP contribution in [-0.4, -0.2) is 54.9 Å². The van der Waals surface area contributed by atoms with Gasteiger partial charge in [0.2, 0.25) is 11.8 Å². The van der Waals surface area contributed by atoms with Crippen molar-refractivity contribution in [3.05, 3.63) is 0 Å². The van der Waals surface area contributed by atoms with E-state index in [0.29, 0.717) is 13.1 Å². The Balaban J connectivity index is 1.82. The Morgan fingerprint density at radius 3 is 2.20 bits per heavy atom. The van der Waals surface area contributed by atoms with E-state index < -0.39 is 11.8 Å². The molecule has 0 spiro atoms. The van der Waals surface area contributed by atoms with Crippen LogP contribution in [0.25, 0.3) is 0 Å². The van der Waals surface area contributed by atoms with Gasteiger partial charge in [-0.05, 0) is 7.05 Å². The highest BCUT2D eigenvalue weighted by atomic mass is 19.3. The average molecular weight is 218 g/mol. The first-order valence-electron chi connectivity index (χ1n) is 5.33. The summed E-state index contributed by atoms with van der Waals surface area (Å²) in [5.74, 6) is -3.09. The highest BCUT2D eigenvalue weighted by Gasteiger charge is 2.49. The van der Waals surface area contributed by atoms with E-state index in [1.54, 1.807) is 4.90 Å². The summed E-state index contributed by atoms with van der Waals surface area (Å²) in [6.45, 7) is 3.04. The molecule has 1 amide bonds. The molecule has 1 aliphatic carbocycles. The Kier molecular flexibility index (Phi) is 2.66. The second-order valence-corrected chi connectivity index (χ2v) is 4.59. The van der Waals surface area contributed by atoms with Gasteiger partial charge in [-0.2, -0.15) is 0 Å². The molecule has 1 saturated heterocycles. The zero-order chi connectivity index (χ0) is 11.1. The molecule has 2 fully saturated rings. The lowest BCUT2D eigenvalue weighted by Gasteiger charge is -2.39. The van der Waals surface area contributed by atoms with Crippen LogP contribution in [0.4, 0.5) is 8.78 Å². The van der Waals surface area contributed by atoms with E-state index >= 15 is 0 Å². The van der Waals surface area contributed by atoms with E-state index in [9.17, 15) is 13.6 Å². The highest BCUT2D eigenvalue weighted by molar-refractivity contribution is 5.80. The maximum Gasteiger partial charge on any atom is 0.249 e. The van der Waals surface area contributed by atoms with Crippen LogP contribution in [-0.2, 0) is 4.79 Å². The van der Waals surface area contributed by atoms with Gasteiger partial charge in [-0.15, -0.1) is 0 Å². The number of hydrogen-bond donors (Lipinski definition) is 0. The molecule has 0 aromatic carbocycles. The second-order valence-electron chi connectivity index (χ2n) is 4.59. The number of hydrogen-bond acceptors (Lipinski definition) is 2. The Bertz CT molecular complexity index is 254. The van der Waals surface area contributed by atoms with Crippen molar-refractivity contribution in [2.75, 3.05) is 33.2 Å². The van der Waals surface area contributed by atoms with Crippen molar-refractivity contribution in [3.63, 3.8) is 0 Å². The molecule has 5 heteroatoms. The lowest BCUT2D eigenvalue weighted by atomic mass is 9.80. The van der Waals surface area contributed by atoms with E-state index in [-0.39, 0.29) is 18.7 Å². The quantitative estimate of drug-likeness (QED) is 0.650. The molecule has 1 heterocycles. The normalized spacial score (nSPS) is 27.5. The molecule has 2 aliphatic rings. The van der Waals surface area contributed by atoms with Crippen molar-refractivity contribution >= 4 is 5.91 Å². The van der Waals surface area contributed by atoms with Crippen molar-refractivity contribution in [2.45, 2.75) is 18.8 Å². The van der Waals surface area contributed by atoms with Crippen molar-refractivity contribution < 1.29 is 13.6 Å². The molecule has 1 aliphatic heterocycles. The second kappa shape index (κ2) is 3.70. The fraction of sp³-hybridized carbons (Fsp3) is 0.900. The molecule has 2 rings (SSSR count). The molecule has 15 heavy (non-hydrogen) atoms. The van der Waals surface area contributed by atoms with Crippen LogP contribution in [0.5, 0.6) is 0 Å². The number of carbonyl (C=O) groups excluding carboxylic acids is 1. The Morgan fingerprint density at radius 1 is 1.20 bits per heavy atom. The lowest BCUT2D eigenvalue weighted by molar-refractivity contribution is -0.161. The minimum absolute atomic E-state index is 0.0750. The third kappa shape index (κ3) is 2.27. The molecule has 0 aromatic heterocycles. The SMILES string of the molecule is CN1CCN(C(=O)C2CC(F)(F)C2)CC1. The Hall–Kier alpha value is -0.710. The lowest BCUT2D eigenvalue weighted by Crippen LogP contribution is -2.52. The van der Waals surface area contributed by atoms with E-state index in [0.717, 1.165) is 13.1 Å². The standard InChI is InChI=1S/C10H16F2N2O/c1-13-2-4-14(5-3-13)9(15)8-6-10(11,12)7-8/h8H,2-7H2,1H3. The molecule has 0 unspecified atom stereocenters. The minimum Gasteiger partial charge on any atom is -0.340 e. The zero-order valence-electron chi connectivity index (χ0n) is 8.88. The van der Waals surface area contributed by atoms with Crippen molar-refractivity contribution in [1.82, 2.24) is 9.80 Å². The van der Waals surface area contributed by atoms with E-state index in [1.807, 2.05) is 7.05 Å². The topological polar surface area (TPSA) is 23.6 Å². The summed E-state index contributed by atoms with van der Waals surface area (Å²) in [5, 5.41) is 0. The number of alkyl halides is 2. The van der Waals surface area contributed by atoms with Gasteiger partial charge in [0.05, 0.1) is 0 Å². The monoisotopic (exact) mass is 218 g/mol. The van der Waals surface area contributed by atoms with Crippen LogP contribution < -0.4 is 0 Å². The van der Waals surface area contributed by atoms with Gasteiger partial charge in [0, 0.05) is 44.9 Å². The number of halogens is 2. The Morgan fingerprint density at radius 2 is 1.73 bits per heavy atom. The van der Waals surface area contributed by atoms with Gasteiger partial charge < -0.3 is 9.80 Å².